The van der Waals surface area contributed by atoms with E-state index < -0.39 is 0 Å². The van der Waals surface area contributed by atoms with E-state index in [0.29, 0.717) is 18.8 Å². The average molecular weight is 327 g/mol. The number of hydrogen-bond acceptors (Lipinski definition) is 3. The molecule has 0 atom stereocenters. The van der Waals surface area contributed by atoms with E-state index in [2.05, 4.69) is 32.2 Å². The summed E-state index contributed by atoms with van der Waals surface area (Å²) in [5.74, 6) is 1.48. The normalized spacial score (nSPS) is 10.4. The fourth-order valence-corrected chi connectivity index (χ4v) is 2.58. The molecule has 0 heterocycles. The molecule has 0 aliphatic rings. The first-order chi connectivity index (χ1) is 11.5. The third kappa shape index (κ3) is 4.07. The van der Waals surface area contributed by atoms with Gasteiger partial charge in [0.1, 0.15) is 18.1 Å². The van der Waals surface area contributed by atoms with Crippen LogP contribution in [0.2, 0.25) is 0 Å². The van der Waals surface area contributed by atoms with Crippen LogP contribution in [0.1, 0.15) is 39.5 Å². The largest absolute Gasteiger partial charge is 0.493 e. The van der Waals surface area contributed by atoms with Crippen molar-refractivity contribution in [2.45, 2.75) is 34.3 Å². The summed E-state index contributed by atoms with van der Waals surface area (Å²) < 4.78 is 11.7. The number of benzene rings is 2. The monoisotopic (exact) mass is 327 g/mol. The van der Waals surface area contributed by atoms with Crippen LogP contribution in [0.15, 0.2) is 30.3 Å². The van der Waals surface area contributed by atoms with Crippen LogP contribution >= 0.6 is 0 Å². The summed E-state index contributed by atoms with van der Waals surface area (Å²) in [6.07, 6.45) is 0. The van der Waals surface area contributed by atoms with E-state index in [1.165, 1.54) is 5.56 Å². The highest BCUT2D eigenvalue weighted by molar-refractivity contribution is 5.94. The number of rotatable bonds is 6. The molecule has 0 saturated carbocycles. The van der Waals surface area contributed by atoms with Crippen molar-refractivity contribution < 1.29 is 14.3 Å². The van der Waals surface area contributed by atoms with Crippen molar-refractivity contribution in [2.24, 2.45) is 0 Å². The molecule has 0 spiro atoms. The number of amides is 1. The van der Waals surface area contributed by atoms with Gasteiger partial charge >= 0.3 is 0 Å². The number of aryl methyl sites for hydroxylation is 2. The lowest BCUT2D eigenvalue weighted by Gasteiger charge is -2.15. The quantitative estimate of drug-likeness (QED) is 0.874. The Morgan fingerprint density at radius 2 is 1.79 bits per heavy atom. The maximum atomic E-state index is 11.9. The van der Waals surface area contributed by atoms with Gasteiger partial charge in [0, 0.05) is 18.2 Å². The van der Waals surface area contributed by atoms with Crippen molar-refractivity contribution >= 4 is 5.91 Å². The van der Waals surface area contributed by atoms with Gasteiger partial charge in [-0.05, 0) is 68.7 Å². The summed E-state index contributed by atoms with van der Waals surface area (Å²) in [5.41, 5.74) is 4.95. The number of hydrogen-bond donors (Lipinski definition) is 1. The number of nitrogens with one attached hydrogen (secondary N) is 1. The molecule has 0 saturated heterocycles. The van der Waals surface area contributed by atoms with Gasteiger partial charge in [-0.25, -0.2) is 0 Å². The fourth-order valence-electron chi connectivity index (χ4n) is 2.58. The molecule has 0 aliphatic heterocycles. The van der Waals surface area contributed by atoms with Crippen LogP contribution in [0.5, 0.6) is 11.5 Å². The van der Waals surface area contributed by atoms with E-state index in [9.17, 15) is 4.79 Å². The lowest BCUT2D eigenvalue weighted by molar-refractivity contribution is 0.0963. The minimum absolute atomic E-state index is 0.123. The van der Waals surface area contributed by atoms with E-state index in [4.69, 9.17) is 9.47 Å². The molecule has 0 radical (unpaired) electrons. The Bertz CT molecular complexity index is 738. The second kappa shape index (κ2) is 7.86. The van der Waals surface area contributed by atoms with Crippen molar-refractivity contribution in [1.82, 2.24) is 5.32 Å². The zero-order chi connectivity index (χ0) is 17.7. The summed E-state index contributed by atoms with van der Waals surface area (Å²) in [5, 5.41) is 2.64. The SMILES string of the molecule is CCOc1ccc(C(=O)NC)cc1COc1cc(C)cc(C)c1C. The Morgan fingerprint density at radius 1 is 1.04 bits per heavy atom. The predicted molar refractivity (Wildman–Crippen MR) is 96.0 cm³/mol. The van der Waals surface area contributed by atoms with E-state index in [1.54, 1.807) is 13.1 Å². The van der Waals surface area contributed by atoms with Crippen LogP contribution in [0.25, 0.3) is 0 Å². The van der Waals surface area contributed by atoms with Crippen molar-refractivity contribution in [2.75, 3.05) is 13.7 Å². The summed E-state index contributed by atoms with van der Waals surface area (Å²) in [6.45, 7) is 9.03. The highest BCUT2D eigenvalue weighted by Gasteiger charge is 2.11. The Kier molecular flexibility index (Phi) is 5.85. The zero-order valence-corrected chi connectivity index (χ0v) is 15.0. The Labute approximate surface area is 143 Å². The van der Waals surface area contributed by atoms with Gasteiger partial charge in [-0.2, -0.15) is 0 Å². The first-order valence-corrected chi connectivity index (χ1v) is 8.14. The van der Waals surface area contributed by atoms with Gasteiger partial charge in [-0.1, -0.05) is 6.07 Å². The van der Waals surface area contributed by atoms with Gasteiger partial charge in [0.25, 0.3) is 5.91 Å². The standard InChI is InChI=1S/C20H25NO3/c1-6-23-18-8-7-16(20(22)21-5)11-17(18)12-24-19-10-13(2)9-14(3)15(19)4/h7-11H,6,12H2,1-5H3,(H,21,22). The lowest BCUT2D eigenvalue weighted by Crippen LogP contribution is -2.18. The van der Waals surface area contributed by atoms with Gasteiger partial charge in [0.15, 0.2) is 0 Å². The molecule has 0 bridgehead atoms. The molecule has 2 aromatic carbocycles. The topological polar surface area (TPSA) is 47.6 Å². The van der Waals surface area contributed by atoms with Crippen LogP contribution in [-0.4, -0.2) is 19.6 Å². The molecule has 1 amide bonds. The minimum Gasteiger partial charge on any atom is -0.493 e. The molecule has 4 heteroatoms. The molecule has 0 aliphatic carbocycles. The zero-order valence-electron chi connectivity index (χ0n) is 15.0. The maximum Gasteiger partial charge on any atom is 0.251 e. The molecule has 0 unspecified atom stereocenters. The second-order valence-corrected chi connectivity index (χ2v) is 5.83. The Morgan fingerprint density at radius 3 is 2.46 bits per heavy atom. The fraction of sp³-hybridized carbons (Fsp3) is 0.350. The number of ether oxygens (including phenoxy) is 2. The summed E-state index contributed by atoms with van der Waals surface area (Å²) in [6, 6.07) is 9.57. The van der Waals surface area contributed by atoms with E-state index in [1.807, 2.05) is 25.1 Å². The third-order valence-electron chi connectivity index (χ3n) is 4.00. The van der Waals surface area contributed by atoms with Gasteiger partial charge in [0.2, 0.25) is 0 Å². The van der Waals surface area contributed by atoms with Crippen LogP contribution in [-0.2, 0) is 6.61 Å². The molecular weight excluding hydrogens is 302 g/mol. The van der Waals surface area contributed by atoms with Crippen LogP contribution in [0, 0.1) is 20.8 Å². The van der Waals surface area contributed by atoms with Crippen LogP contribution in [0.4, 0.5) is 0 Å². The Balaban J connectivity index is 2.29. The molecule has 4 nitrogen and oxygen atoms in total. The third-order valence-corrected chi connectivity index (χ3v) is 4.00. The van der Waals surface area contributed by atoms with Crippen molar-refractivity contribution in [3.8, 4) is 11.5 Å². The first kappa shape index (κ1) is 17.9. The second-order valence-electron chi connectivity index (χ2n) is 5.83. The lowest BCUT2D eigenvalue weighted by atomic mass is 10.1. The van der Waals surface area contributed by atoms with E-state index >= 15 is 0 Å². The van der Waals surface area contributed by atoms with Gasteiger partial charge in [-0.3, -0.25) is 4.79 Å². The van der Waals surface area contributed by atoms with Gasteiger partial charge < -0.3 is 14.8 Å². The first-order valence-electron chi connectivity index (χ1n) is 8.14. The van der Waals surface area contributed by atoms with Crippen LogP contribution < -0.4 is 14.8 Å². The molecule has 1 N–H and O–H groups in total. The number of carbonyl (C=O) groups is 1. The molecule has 0 fully saturated rings. The number of carbonyl (C=O) groups excluding carboxylic acids is 1. The van der Waals surface area contributed by atoms with Gasteiger partial charge in [0.05, 0.1) is 6.61 Å². The highest BCUT2D eigenvalue weighted by atomic mass is 16.5. The Hall–Kier alpha value is -2.49. The maximum absolute atomic E-state index is 11.9. The molecule has 128 valence electrons. The summed E-state index contributed by atoms with van der Waals surface area (Å²) >= 11 is 0. The smallest absolute Gasteiger partial charge is 0.251 e. The average Bonchev–Trinajstić information content (AvgIpc) is 2.57. The molecule has 2 aromatic rings. The van der Waals surface area contributed by atoms with Crippen molar-refractivity contribution in [3.63, 3.8) is 0 Å². The van der Waals surface area contributed by atoms with E-state index in [0.717, 1.165) is 28.2 Å². The van der Waals surface area contributed by atoms with Crippen LogP contribution in [0.3, 0.4) is 0 Å². The predicted octanol–water partition coefficient (Wildman–Crippen LogP) is 3.95. The molecule has 2 rings (SSSR count). The van der Waals surface area contributed by atoms with Crippen molar-refractivity contribution in [3.05, 3.63) is 58.1 Å². The molecule has 0 aromatic heterocycles. The van der Waals surface area contributed by atoms with E-state index in [-0.39, 0.29) is 5.91 Å². The minimum atomic E-state index is -0.123. The van der Waals surface area contributed by atoms with Crippen molar-refractivity contribution in [1.29, 1.82) is 0 Å². The molecular formula is C20H25NO3. The molecule has 24 heavy (non-hydrogen) atoms. The summed E-state index contributed by atoms with van der Waals surface area (Å²) in [4.78, 5) is 11.9. The highest BCUT2D eigenvalue weighted by Crippen LogP contribution is 2.27. The van der Waals surface area contributed by atoms with Gasteiger partial charge in [-0.15, -0.1) is 0 Å². The summed E-state index contributed by atoms with van der Waals surface area (Å²) in [7, 11) is 1.62.